The lowest BCUT2D eigenvalue weighted by Gasteiger charge is -2.24. The molecule has 3 aromatic rings. The van der Waals surface area contributed by atoms with Crippen molar-refractivity contribution in [3.63, 3.8) is 0 Å². The lowest BCUT2D eigenvalue weighted by atomic mass is 10.1. The highest BCUT2D eigenvalue weighted by Gasteiger charge is 2.27. The second-order valence-electron chi connectivity index (χ2n) is 8.53. The van der Waals surface area contributed by atoms with Crippen molar-refractivity contribution in [2.45, 2.75) is 18.7 Å². The number of nitrogens with one attached hydrogen (secondary N) is 1. The van der Waals surface area contributed by atoms with Crippen LogP contribution in [0.4, 0.5) is 5.69 Å². The Morgan fingerprint density at radius 1 is 1.00 bits per heavy atom. The number of hydrazone groups is 1. The van der Waals surface area contributed by atoms with E-state index in [0.29, 0.717) is 23.6 Å². The average Bonchev–Trinajstić information content (AvgIpc) is 2.91. The summed E-state index contributed by atoms with van der Waals surface area (Å²) in [6.07, 6.45) is 3.35. The molecule has 0 aliphatic rings. The van der Waals surface area contributed by atoms with Gasteiger partial charge in [-0.25, -0.2) is 18.6 Å². The van der Waals surface area contributed by atoms with Crippen LogP contribution in [-0.4, -0.2) is 58.3 Å². The molecule has 11 heteroatoms. The Bertz CT molecular complexity index is 1370. The molecule has 0 atom stereocenters. The summed E-state index contributed by atoms with van der Waals surface area (Å²) in [6.45, 7) is 3.41. The zero-order valence-corrected chi connectivity index (χ0v) is 23.6. The zero-order chi connectivity index (χ0) is 28.3. The number of thioether (sulfide) groups is 1. The molecule has 9 nitrogen and oxygen atoms in total. The first-order chi connectivity index (χ1) is 18.7. The molecule has 0 unspecified atom stereocenters. The Labute approximate surface area is 233 Å². The van der Waals surface area contributed by atoms with E-state index >= 15 is 0 Å². The van der Waals surface area contributed by atoms with Crippen molar-refractivity contribution >= 4 is 45.6 Å². The number of carbonyl (C=O) groups is 2. The molecule has 0 fully saturated rings. The van der Waals surface area contributed by atoms with E-state index in [2.05, 4.69) is 10.5 Å². The topological polar surface area (TPSA) is 114 Å². The Kier molecular flexibility index (Phi) is 10.9. The monoisotopic (exact) mass is 569 g/mol. The molecule has 3 rings (SSSR count). The van der Waals surface area contributed by atoms with Crippen LogP contribution in [0.15, 0.2) is 82.8 Å². The van der Waals surface area contributed by atoms with Crippen LogP contribution in [-0.2, 0) is 24.3 Å². The molecular weight excluding hydrogens is 538 g/mol. The van der Waals surface area contributed by atoms with E-state index in [-0.39, 0.29) is 11.5 Å². The minimum atomic E-state index is -4.01. The second-order valence-corrected chi connectivity index (χ2v) is 11.4. The largest absolute Gasteiger partial charge is 0.482 e. The second kappa shape index (κ2) is 14.4. The summed E-state index contributed by atoms with van der Waals surface area (Å²) in [6, 6.07) is 20.0. The maximum Gasteiger partial charge on any atom is 0.344 e. The number of carbonyl (C=O) groups excluding carboxylic acids is 2. The van der Waals surface area contributed by atoms with Gasteiger partial charge in [0.2, 0.25) is 0 Å². The Balaban J connectivity index is 1.64. The first-order valence-corrected chi connectivity index (χ1v) is 14.9. The van der Waals surface area contributed by atoms with Gasteiger partial charge in [-0.15, -0.1) is 0 Å². The molecule has 1 N–H and O–H groups in total. The standard InChI is InChI=1S/C28H31N3O6S2/c1-21-15-22(2)17-24(16-21)31(39(34,35)26-7-5-4-6-8-26)19-27(32)30-29-18-23-9-11-25(12-10-23)37-20-28(33)36-13-14-38-3/h4-12,15-18H,13-14,19-20H2,1-3H3,(H,30,32)/b29-18+. The predicted molar refractivity (Wildman–Crippen MR) is 154 cm³/mol. The van der Waals surface area contributed by atoms with Crippen molar-refractivity contribution < 1.29 is 27.5 Å². The predicted octanol–water partition coefficient (Wildman–Crippen LogP) is 3.93. The Morgan fingerprint density at radius 3 is 2.31 bits per heavy atom. The van der Waals surface area contributed by atoms with E-state index in [1.54, 1.807) is 66.4 Å². The van der Waals surface area contributed by atoms with E-state index in [4.69, 9.17) is 9.47 Å². The van der Waals surface area contributed by atoms with Crippen LogP contribution in [0.1, 0.15) is 16.7 Å². The van der Waals surface area contributed by atoms with Crippen LogP contribution >= 0.6 is 11.8 Å². The van der Waals surface area contributed by atoms with Gasteiger partial charge in [-0.1, -0.05) is 24.3 Å². The van der Waals surface area contributed by atoms with Crippen molar-refractivity contribution in [3.05, 3.63) is 89.5 Å². The van der Waals surface area contributed by atoms with E-state index in [1.165, 1.54) is 18.3 Å². The number of nitrogens with zero attached hydrogens (tertiary/aromatic N) is 2. The summed E-state index contributed by atoms with van der Waals surface area (Å²) >= 11 is 1.58. The highest BCUT2D eigenvalue weighted by Crippen LogP contribution is 2.25. The van der Waals surface area contributed by atoms with Gasteiger partial charge in [0.25, 0.3) is 15.9 Å². The number of esters is 1. The van der Waals surface area contributed by atoms with Crippen LogP contribution in [0.5, 0.6) is 5.75 Å². The van der Waals surface area contributed by atoms with Crippen LogP contribution in [0.2, 0.25) is 0 Å². The fraction of sp³-hybridized carbons (Fsp3) is 0.250. The number of amides is 1. The third-order valence-corrected chi connectivity index (χ3v) is 7.67. The zero-order valence-electron chi connectivity index (χ0n) is 22.0. The van der Waals surface area contributed by atoms with Crippen molar-refractivity contribution in [1.29, 1.82) is 0 Å². The van der Waals surface area contributed by atoms with Gasteiger partial charge in [-0.2, -0.15) is 16.9 Å². The maximum atomic E-state index is 13.4. The smallest absolute Gasteiger partial charge is 0.344 e. The first kappa shape index (κ1) is 29.7. The van der Waals surface area contributed by atoms with Gasteiger partial charge in [0.15, 0.2) is 6.61 Å². The minimum absolute atomic E-state index is 0.0796. The summed E-state index contributed by atoms with van der Waals surface area (Å²) in [5, 5.41) is 3.96. The van der Waals surface area contributed by atoms with E-state index < -0.39 is 28.4 Å². The summed E-state index contributed by atoms with van der Waals surface area (Å²) in [5.74, 6) is 0.155. The molecule has 0 saturated heterocycles. The number of anilines is 1. The quantitative estimate of drug-likeness (QED) is 0.144. The first-order valence-electron chi connectivity index (χ1n) is 12.0. The molecule has 0 aliphatic carbocycles. The van der Waals surface area contributed by atoms with E-state index in [0.717, 1.165) is 21.2 Å². The SMILES string of the molecule is CSCCOC(=O)COc1ccc(/C=N/NC(=O)CN(c2cc(C)cc(C)c2)S(=O)(=O)c2ccccc2)cc1. The Hall–Kier alpha value is -3.83. The number of hydrogen-bond acceptors (Lipinski definition) is 8. The molecule has 0 saturated carbocycles. The summed E-state index contributed by atoms with van der Waals surface area (Å²) in [5.41, 5.74) is 5.19. The van der Waals surface area contributed by atoms with Crippen LogP contribution < -0.4 is 14.5 Å². The van der Waals surface area contributed by atoms with Crippen molar-refractivity contribution in [2.24, 2.45) is 5.10 Å². The van der Waals surface area contributed by atoms with Gasteiger partial charge in [0.1, 0.15) is 18.9 Å². The van der Waals surface area contributed by atoms with Crippen LogP contribution in [0.3, 0.4) is 0 Å². The number of hydrogen-bond donors (Lipinski definition) is 1. The van der Waals surface area contributed by atoms with E-state index in [9.17, 15) is 18.0 Å². The normalized spacial score (nSPS) is 11.3. The fourth-order valence-corrected chi connectivity index (χ4v) is 5.22. The van der Waals surface area contributed by atoms with Crippen LogP contribution in [0.25, 0.3) is 0 Å². The minimum Gasteiger partial charge on any atom is -0.482 e. The number of aryl methyl sites for hydroxylation is 2. The molecule has 206 valence electrons. The molecule has 0 aromatic heterocycles. The fourth-order valence-electron chi connectivity index (χ4n) is 3.55. The molecule has 0 aliphatic heterocycles. The summed E-state index contributed by atoms with van der Waals surface area (Å²) in [7, 11) is -4.01. The third-order valence-electron chi connectivity index (χ3n) is 5.30. The molecule has 39 heavy (non-hydrogen) atoms. The highest BCUT2D eigenvalue weighted by atomic mass is 32.2. The van der Waals surface area contributed by atoms with E-state index in [1.807, 2.05) is 26.2 Å². The maximum absolute atomic E-state index is 13.4. The number of rotatable bonds is 13. The van der Waals surface area contributed by atoms with Gasteiger partial charge in [0, 0.05) is 5.75 Å². The lowest BCUT2D eigenvalue weighted by molar-refractivity contribution is -0.145. The number of ether oxygens (including phenoxy) is 2. The average molecular weight is 570 g/mol. The number of benzene rings is 3. The lowest BCUT2D eigenvalue weighted by Crippen LogP contribution is -2.39. The number of sulfonamides is 1. The van der Waals surface area contributed by atoms with Gasteiger partial charge in [-0.3, -0.25) is 9.10 Å². The van der Waals surface area contributed by atoms with Gasteiger partial charge >= 0.3 is 5.97 Å². The molecule has 1 amide bonds. The molecule has 3 aromatic carbocycles. The van der Waals surface area contributed by atoms with Crippen LogP contribution in [0, 0.1) is 13.8 Å². The van der Waals surface area contributed by atoms with Crippen molar-refractivity contribution in [3.8, 4) is 5.75 Å². The highest BCUT2D eigenvalue weighted by molar-refractivity contribution is 7.98. The molecule has 0 spiro atoms. The van der Waals surface area contributed by atoms with Gasteiger partial charge in [0.05, 0.1) is 16.8 Å². The van der Waals surface area contributed by atoms with Crippen molar-refractivity contribution in [2.75, 3.05) is 36.1 Å². The van der Waals surface area contributed by atoms with Gasteiger partial charge < -0.3 is 9.47 Å². The molecule has 0 heterocycles. The Morgan fingerprint density at radius 2 is 1.67 bits per heavy atom. The third kappa shape index (κ3) is 9.15. The molecule has 0 bridgehead atoms. The molecule has 0 radical (unpaired) electrons. The van der Waals surface area contributed by atoms with Crippen molar-refractivity contribution in [1.82, 2.24) is 5.43 Å². The molecular formula is C28H31N3O6S2. The summed E-state index contributed by atoms with van der Waals surface area (Å²) < 4.78 is 38.4. The summed E-state index contributed by atoms with van der Waals surface area (Å²) in [4.78, 5) is 24.5. The van der Waals surface area contributed by atoms with Gasteiger partial charge in [-0.05, 0) is 85.3 Å².